The molecule has 0 aromatic heterocycles. The van der Waals surface area contributed by atoms with Crippen molar-refractivity contribution in [1.82, 2.24) is 0 Å². The van der Waals surface area contributed by atoms with Gasteiger partial charge < -0.3 is 33.2 Å². The van der Waals surface area contributed by atoms with Gasteiger partial charge in [0.1, 0.15) is 11.5 Å². The third-order valence-corrected chi connectivity index (χ3v) is 13.3. The van der Waals surface area contributed by atoms with Gasteiger partial charge in [0.25, 0.3) is 0 Å². The predicted octanol–water partition coefficient (Wildman–Crippen LogP) is 6.97. The highest BCUT2D eigenvalue weighted by atomic mass is 16.6. The van der Waals surface area contributed by atoms with Crippen LogP contribution in [0.5, 0.6) is 11.5 Å². The van der Waals surface area contributed by atoms with Crippen molar-refractivity contribution in [2.45, 2.75) is 102 Å². The average Bonchev–Trinajstić information content (AvgIpc) is 3.00. The Kier molecular flexibility index (Phi) is 8.87. The first-order chi connectivity index (χ1) is 22.0. The smallest absolute Gasteiger partial charge is 0.130 e. The van der Waals surface area contributed by atoms with Crippen molar-refractivity contribution in [2.24, 2.45) is 46.3 Å². The van der Waals surface area contributed by atoms with Gasteiger partial charge in [0.05, 0.1) is 79.3 Å². The van der Waals surface area contributed by atoms with Crippen molar-refractivity contribution in [2.75, 3.05) is 53.9 Å². The summed E-state index contributed by atoms with van der Waals surface area (Å²) in [7, 11) is 3.48. The van der Waals surface area contributed by atoms with Crippen LogP contribution >= 0.6 is 0 Å². The normalized spacial score (nSPS) is 43.5. The molecular weight excluding hydrogens is 568 g/mol. The summed E-state index contributed by atoms with van der Waals surface area (Å²) in [6, 6.07) is 4.10. The molecule has 8 aliphatic carbocycles. The van der Waals surface area contributed by atoms with Crippen molar-refractivity contribution in [3.8, 4) is 11.5 Å². The maximum absolute atomic E-state index is 6.75. The summed E-state index contributed by atoms with van der Waals surface area (Å²) < 4.78 is 44.5. The lowest BCUT2D eigenvalue weighted by Crippen LogP contribution is -2.54. The highest BCUT2D eigenvalue weighted by Crippen LogP contribution is 2.63. The molecule has 8 fully saturated rings. The van der Waals surface area contributed by atoms with Crippen LogP contribution in [0.1, 0.15) is 88.2 Å². The Morgan fingerprint density at radius 2 is 0.933 bits per heavy atom. The van der Waals surface area contributed by atoms with E-state index in [2.05, 4.69) is 12.1 Å². The second-order valence-corrected chi connectivity index (χ2v) is 16.4. The van der Waals surface area contributed by atoms with Crippen molar-refractivity contribution in [1.29, 1.82) is 0 Å². The minimum absolute atomic E-state index is 0.0875. The molecular formula is C38H56O7. The molecule has 45 heavy (non-hydrogen) atoms. The molecule has 0 unspecified atom stereocenters. The number of methoxy groups -OCH3 is 2. The largest absolute Gasteiger partial charge is 0.497 e. The van der Waals surface area contributed by atoms with Crippen LogP contribution in [-0.2, 0) is 36.9 Å². The Hall–Kier alpha value is -1.38. The highest BCUT2D eigenvalue weighted by molar-refractivity contribution is 5.47. The topological polar surface area (TPSA) is 64.6 Å². The van der Waals surface area contributed by atoms with E-state index >= 15 is 0 Å². The molecule has 7 heteroatoms. The Labute approximate surface area is 270 Å². The highest BCUT2D eigenvalue weighted by Gasteiger charge is 2.56. The predicted molar refractivity (Wildman–Crippen MR) is 170 cm³/mol. The lowest BCUT2D eigenvalue weighted by Gasteiger charge is -2.59. The molecule has 0 radical (unpaired) electrons. The molecule has 1 heterocycles. The average molecular weight is 625 g/mol. The third-order valence-electron chi connectivity index (χ3n) is 13.3. The van der Waals surface area contributed by atoms with Gasteiger partial charge in [-0.05, 0) is 136 Å². The van der Waals surface area contributed by atoms with Crippen LogP contribution in [0.2, 0.25) is 0 Å². The van der Waals surface area contributed by atoms with Gasteiger partial charge in [-0.25, -0.2) is 0 Å². The van der Waals surface area contributed by atoms with Gasteiger partial charge >= 0.3 is 0 Å². The van der Waals surface area contributed by atoms with Crippen LogP contribution in [0.15, 0.2) is 12.1 Å². The summed E-state index contributed by atoms with van der Waals surface area (Å²) >= 11 is 0. The van der Waals surface area contributed by atoms with Gasteiger partial charge in [0, 0.05) is 11.1 Å². The van der Waals surface area contributed by atoms with E-state index in [1.54, 1.807) is 14.2 Å². The zero-order chi connectivity index (χ0) is 30.4. The van der Waals surface area contributed by atoms with Crippen molar-refractivity contribution in [3.63, 3.8) is 0 Å². The molecule has 1 aliphatic heterocycles. The Morgan fingerprint density at radius 1 is 0.533 bits per heavy atom. The standard InChI is InChI=1S/C38H56O7/c1-39-33-13-31-21-42-23-34(37-15-25-7-26(16-37)9-27(8-25)17-37)44-5-3-41-4-6-45-35(24-43-22-32(14-33)36(31)40-2)38-18-28-10-29(19-38)12-30(11-28)20-38/h13-14,25-30,34-35H,3-12,15-24H2,1-2H3/t25?,26?,27?,28?,29?,30?,34-,35-,37?,38?/m0/s1. The van der Waals surface area contributed by atoms with Crippen LogP contribution in [-0.4, -0.2) is 66.1 Å². The molecule has 0 saturated heterocycles. The van der Waals surface area contributed by atoms with Crippen LogP contribution in [0.4, 0.5) is 0 Å². The van der Waals surface area contributed by atoms with E-state index in [-0.39, 0.29) is 23.0 Å². The van der Waals surface area contributed by atoms with E-state index < -0.39 is 0 Å². The first-order valence-corrected chi connectivity index (χ1v) is 18.2. The van der Waals surface area contributed by atoms with Gasteiger partial charge in [-0.2, -0.15) is 0 Å². The third kappa shape index (κ3) is 6.19. The van der Waals surface area contributed by atoms with Crippen molar-refractivity contribution < 1.29 is 33.2 Å². The molecule has 250 valence electrons. The Balaban J connectivity index is 1.02. The van der Waals surface area contributed by atoms with Gasteiger partial charge in [-0.15, -0.1) is 0 Å². The lowest BCUT2D eigenvalue weighted by atomic mass is 9.48. The van der Waals surface area contributed by atoms with Crippen LogP contribution in [0.3, 0.4) is 0 Å². The molecule has 8 saturated carbocycles. The van der Waals surface area contributed by atoms with E-state index in [9.17, 15) is 0 Å². The van der Waals surface area contributed by atoms with E-state index in [0.29, 0.717) is 52.9 Å². The minimum Gasteiger partial charge on any atom is -0.497 e. The quantitative estimate of drug-likeness (QED) is 0.359. The zero-order valence-electron chi connectivity index (χ0n) is 27.8. The van der Waals surface area contributed by atoms with E-state index in [0.717, 1.165) is 58.1 Å². The first-order valence-electron chi connectivity index (χ1n) is 18.2. The number of hydrogen-bond acceptors (Lipinski definition) is 7. The number of hydrogen-bond donors (Lipinski definition) is 0. The number of rotatable bonds is 4. The second kappa shape index (κ2) is 12.9. The van der Waals surface area contributed by atoms with Gasteiger partial charge in [0.15, 0.2) is 0 Å². The van der Waals surface area contributed by atoms with Crippen molar-refractivity contribution >= 4 is 0 Å². The SMILES string of the molecule is COc1cc2c(OC)c(c1)COC[C@@H](C13CC4CC(CC(C4)C1)C3)OCCOCCO[C@H](C13CC4CC(CC(C4)C1)C3)COC2. The van der Waals surface area contributed by atoms with E-state index in [1.165, 1.54) is 77.0 Å². The summed E-state index contributed by atoms with van der Waals surface area (Å²) in [5.74, 6) is 6.84. The van der Waals surface area contributed by atoms with E-state index in [1.807, 2.05) is 0 Å². The minimum atomic E-state index is 0.0875. The summed E-state index contributed by atoms with van der Waals surface area (Å²) in [6.45, 7) is 4.48. The van der Waals surface area contributed by atoms with Crippen LogP contribution in [0.25, 0.3) is 0 Å². The molecule has 9 aliphatic rings. The van der Waals surface area contributed by atoms with E-state index in [4.69, 9.17) is 33.2 Å². The summed E-state index contributed by atoms with van der Waals surface area (Å²) in [5, 5.41) is 0. The first kappa shape index (κ1) is 30.9. The number of ether oxygens (including phenoxy) is 7. The fourth-order valence-electron chi connectivity index (χ4n) is 12.4. The molecule has 1 aromatic carbocycles. The maximum atomic E-state index is 6.75. The monoisotopic (exact) mass is 624 g/mol. The molecule has 7 nitrogen and oxygen atoms in total. The molecule has 2 atom stereocenters. The van der Waals surface area contributed by atoms with Gasteiger partial charge in [-0.1, -0.05) is 0 Å². The Bertz CT molecular complexity index is 1030. The second-order valence-electron chi connectivity index (χ2n) is 16.4. The maximum Gasteiger partial charge on any atom is 0.130 e. The molecule has 0 amide bonds. The molecule has 10 bridgehead atoms. The zero-order valence-corrected chi connectivity index (χ0v) is 27.8. The number of benzene rings is 1. The van der Waals surface area contributed by atoms with Gasteiger partial charge in [-0.3, -0.25) is 0 Å². The number of fused-ring (bicyclic) bond motifs is 2. The van der Waals surface area contributed by atoms with Crippen LogP contribution < -0.4 is 9.47 Å². The summed E-state index contributed by atoms with van der Waals surface area (Å²) in [4.78, 5) is 0. The lowest BCUT2D eigenvalue weighted by molar-refractivity contribution is -0.174. The van der Waals surface area contributed by atoms with Crippen molar-refractivity contribution in [3.05, 3.63) is 23.3 Å². The summed E-state index contributed by atoms with van der Waals surface area (Å²) in [6.07, 6.45) is 16.4. The molecule has 0 N–H and O–H groups in total. The molecule has 0 spiro atoms. The van der Waals surface area contributed by atoms with Gasteiger partial charge in [0.2, 0.25) is 0 Å². The molecule has 1 aromatic rings. The fraction of sp³-hybridized carbons (Fsp3) is 0.842. The Morgan fingerprint density at radius 3 is 1.29 bits per heavy atom. The molecule has 10 rings (SSSR count). The summed E-state index contributed by atoms with van der Waals surface area (Å²) in [5.41, 5.74) is 2.47. The fourth-order valence-corrected chi connectivity index (χ4v) is 12.4. The van der Waals surface area contributed by atoms with Crippen LogP contribution in [0, 0.1) is 46.3 Å².